The number of anilines is 1. The van der Waals surface area contributed by atoms with Crippen molar-refractivity contribution in [3.63, 3.8) is 0 Å². The van der Waals surface area contributed by atoms with Gasteiger partial charge < -0.3 is 10.2 Å². The lowest BCUT2D eigenvalue weighted by Crippen LogP contribution is -2.41. The van der Waals surface area contributed by atoms with Gasteiger partial charge in [0.1, 0.15) is 5.69 Å². The minimum atomic E-state index is 0.799. The van der Waals surface area contributed by atoms with Crippen LogP contribution in [0.3, 0.4) is 0 Å². The van der Waals surface area contributed by atoms with Crippen LogP contribution in [-0.4, -0.2) is 40.8 Å². The number of rotatable bonds is 4. The fraction of sp³-hybridized carbons (Fsp3) is 0.375. The molecule has 2 saturated heterocycles. The van der Waals surface area contributed by atoms with E-state index in [1.165, 1.54) is 51.7 Å². The maximum absolute atomic E-state index is 4.62. The molecule has 0 amide bonds. The van der Waals surface area contributed by atoms with Crippen molar-refractivity contribution in [1.29, 1.82) is 0 Å². The van der Waals surface area contributed by atoms with Crippen LogP contribution in [0.1, 0.15) is 25.7 Å². The highest BCUT2D eigenvalue weighted by molar-refractivity contribution is 7.26. The predicted octanol–water partition coefficient (Wildman–Crippen LogP) is 5.73. The molecule has 5 heteroatoms. The number of H-pyrrole nitrogens is 1. The Morgan fingerprint density at radius 2 is 1.83 bits per heavy atom. The first kappa shape index (κ1) is 17.5. The van der Waals surface area contributed by atoms with Crippen LogP contribution in [0.25, 0.3) is 31.6 Å². The van der Waals surface area contributed by atoms with Gasteiger partial charge in [-0.3, -0.25) is 5.10 Å². The molecule has 4 nitrogen and oxygen atoms in total. The smallest absolute Gasteiger partial charge is 0.110 e. The third-order valence-electron chi connectivity index (χ3n) is 7.04. The molecular formula is C24H26N4S. The second kappa shape index (κ2) is 6.85. The number of nitrogens with one attached hydrogen (secondary N) is 2. The van der Waals surface area contributed by atoms with Crippen LogP contribution in [0.15, 0.2) is 48.5 Å². The number of nitrogens with zero attached hydrogens (tertiary/aromatic N) is 2. The molecular weight excluding hydrogens is 376 g/mol. The van der Waals surface area contributed by atoms with Gasteiger partial charge in [-0.2, -0.15) is 5.10 Å². The third-order valence-corrected chi connectivity index (χ3v) is 8.22. The zero-order valence-electron chi connectivity index (χ0n) is 16.7. The molecule has 2 atom stereocenters. The summed E-state index contributed by atoms with van der Waals surface area (Å²) in [6.45, 7) is 1.09. The number of aromatic amines is 1. The number of thiophene rings is 1. The van der Waals surface area contributed by atoms with E-state index in [0.29, 0.717) is 0 Å². The quantitative estimate of drug-likeness (QED) is 0.458. The first-order valence-electron chi connectivity index (χ1n) is 10.7. The molecule has 2 bridgehead atoms. The summed E-state index contributed by atoms with van der Waals surface area (Å²) in [7, 11) is 2.31. The average molecular weight is 403 g/mol. The summed E-state index contributed by atoms with van der Waals surface area (Å²) >= 11 is 1.82. The molecule has 0 spiro atoms. The van der Waals surface area contributed by atoms with Gasteiger partial charge in [-0.25, -0.2) is 0 Å². The van der Waals surface area contributed by atoms with Gasteiger partial charge in [-0.15, -0.1) is 11.3 Å². The summed E-state index contributed by atoms with van der Waals surface area (Å²) in [5.41, 5.74) is 4.59. The van der Waals surface area contributed by atoms with Gasteiger partial charge in [0.05, 0.1) is 10.2 Å². The SMILES string of the molecule is CN1C2CCC1CC(CNc1ccc(-c3n[nH]c4c3sc3ccccc34)cc1)C2. The van der Waals surface area contributed by atoms with E-state index in [1.54, 1.807) is 0 Å². The molecule has 148 valence electrons. The summed E-state index contributed by atoms with van der Waals surface area (Å²) in [4.78, 5) is 2.61. The Labute approximate surface area is 174 Å². The monoisotopic (exact) mass is 402 g/mol. The van der Waals surface area contributed by atoms with E-state index in [9.17, 15) is 0 Å². The molecule has 2 aromatic heterocycles. The second-order valence-corrected chi connectivity index (χ2v) is 9.77. The number of benzene rings is 2. The molecule has 4 heterocycles. The van der Waals surface area contributed by atoms with Crippen molar-refractivity contribution in [3.05, 3.63) is 48.5 Å². The van der Waals surface area contributed by atoms with Crippen molar-refractivity contribution in [2.75, 3.05) is 18.9 Å². The van der Waals surface area contributed by atoms with E-state index in [4.69, 9.17) is 0 Å². The lowest BCUT2D eigenvalue weighted by Gasteiger charge is -2.36. The summed E-state index contributed by atoms with van der Waals surface area (Å²) < 4.78 is 2.55. The minimum Gasteiger partial charge on any atom is -0.385 e. The Kier molecular flexibility index (Phi) is 4.13. The van der Waals surface area contributed by atoms with Crippen molar-refractivity contribution < 1.29 is 0 Å². The molecule has 2 unspecified atom stereocenters. The molecule has 29 heavy (non-hydrogen) atoms. The van der Waals surface area contributed by atoms with Crippen molar-refractivity contribution in [3.8, 4) is 11.3 Å². The molecule has 2 aromatic carbocycles. The summed E-state index contributed by atoms with van der Waals surface area (Å²) in [5.74, 6) is 0.799. The minimum absolute atomic E-state index is 0.799. The van der Waals surface area contributed by atoms with E-state index in [1.807, 2.05) is 11.3 Å². The van der Waals surface area contributed by atoms with E-state index in [2.05, 4.69) is 76.0 Å². The topological polar surface area (TPSA) is 44.0 Å². The van der Waals surface area contributed by atoms with Gasteiger partial charge in [0.2, 0.25) is 0 Å². The number of hydrogen-bond acceptors (Lipinski definition) is 4. The van der Waals surface area contributed by atoms with Gasteiger partial charge in [0.25, 0.3) is 0 Å². The van der Waals surface area contributed by atoms with Crippen LogP contribution in [0.4, 0.5) is 5.69 Å². The maximum Gasteiger partial charge on any atom is 0.110 e. The molecule has 4 aromatic rings. The Hall–Kier alpha value is -2.37. The maximum atomic E-state index is 4.62. The Morgan fingerprint density at radius 1 is 1.07 bits per heavy atom. The van der Waals surface area contributed by atoms with Crippen molar-refractivity contribution in [2.24, 2.45) is 5.92 Å². The highest BCUT2D eigenvalue weighted by atomic mass is 32.1. The Bertz CT molecular complexity index is 1140. The second-order valence-electron chi connectivity index (χ2n) is 8.72. The van der Waals surface area contributed by atoms with Gasteiger partial charge in [-0.1, -0.05) is 30.3 Å². The number of piperidine rings is 1. The highest BCUT2D eigenvalue weighted by Crippen LogP contribution is 2.39. The van der Waals surface area contributed by atoms with Crippen LogP contribution in [-0.2, 0) is 0 Å². The third kappa shape index (κ3) is 2.95. The van der Waals surface area contributed by atoms with Crippen LogP contribution >= 0.6 is 11.3 Å². The normalized spacial score (nSPS) is 24.5. The highest BCUT2D eigenvalue weighted by Gasteiger charge is 2.38. The largest absolute Gasteiger partial charge is 0.385 e. The molecule has 0 radical (unpaired) electrons. The lowest BCUT2D eigenvalue weighted by atomic mass is 9.91. The first-order valence-corrected chi connectivity index (χ1v) is 11.5. The fourth-order valence-electron chi connectivity index (χ4n) is 5.38. The number of fused-ring (bicyclic) bond motifs is 5. The number of aromatic nitrogens is 2. The molecule has 2 aliphatic heterocycles. The Balaban J connectivity index is 1.18. The van der Waals surface area contributed by atoms with Gasteiger partial charge >= 0.3 is 0 Å². The van der Waals surface area contributed by atoms with Crippen LogP contribution < -0.4 is 5.32 Å². The Morgan fingerprint density at radius 3 is 2.62 bits per heavy atom. The molecule has 2 fully saturated rings. The standard InChI is InChI=1S/C24H26N4S/c1-28-18-10-11-19(28)13-15(12-18)14-25-17-8-6-16(7-9-17)22-24-23(27-26-22)20-4-2-3-5-21(20)29-24/h2-9,15,18-19,25H,10-14H2,1H3,(H,26,27). The summed E-state index contributed by atoms with van der Waals surface area (Å²) in [5, 5.41) is 12.8. The lowest BCUT2D eigenvalue weighted by molar-refractivity contribution is 0.139. The van der Waals surface area contributed by atoms with Gasteiger partial charge in [0.15, 0.2) is 0 Å². The van der Waals surface area contributed by atoms with Crippen LogP contribution in [0.2, 0.25) is 0 Å². The van der Waals surface area contributed by atoms with Crippen molar-refractivity contribution in [1.82, 2.24) is 15.1 Å². The van der Waals surface area contributed by atoms with Gasteiger partial charge in [-0.05, 0) is 56.8 Å². The molecule has 2 N–H and O–H groups in total. The van der Waals surface area contributed by atoms with Crippen LogP contribution in [0, 0.1) is 5.92 Å². The van der Waals surface area contributed by atoms with E-state index >= 15 is 0 Å². The first-order chi connectivity index (χ1) is 14.3. The number of hydrogen-bond donors (Lipinski definition) is 2. The fourth-order valence-corrected chi connectivity index (χ4v) is 6.54. The van der Waals surface area contributed by atoms with Crippen LogP contribution in [0.5, 0.6) is 0 Å². The van der Waals surface area contributed by atoms with E-state index in [-0.39, 0.29) is 0 Å². The summed E-state index contributed by atoms with van der Waals surface area (Å²) in [6, 6.07) is 18.9. The van der Waals surface area contributed by atoms with Crippen molar-refractivity contribution in [2.45, 2.75) is 37.8 Å². The average Bonchev–Trinajstić information content (AvgIpc) is 3.36. The van der Waals surface area contributed by atoms with E-state index < -0.39 is 0 Å². The van der Waals surface area contributed by atoms with E-state index in [0.717, 1.165) is 35.8 Å². The molecule has 2 aliphatic rings. The zero-order chi connectivity index (χ0) is 19.4. The summed E-state index contributed by atoms with van der Waals surface area (Å²) in [6.07, 6.45) is 5.47. The molecule has 0 saturated carbocycles. The molecule has 0 aliphatic carbocycles. The predicted molar refractivity (Wildman–Crippen MR) is 123 cm³/mol. The van der Waals surface area contributed by atoms with Crippen molar-refractivity contribution >= 4 is 37.3 Å². The zero-order valence-corrected chi connectivity index (χ0v) is 17.5. The molecule has 6 rings (SSSR count). The van der Waals surface area contributed by atoms with Gasteiger partial charge in [0, 0.05) is 40.0 Å².